The fourth-order valence-electron chi connectivity index (χ4n) is 1.19. The summed E-state index contributed by atoms with van der Waals surface area (Å²) in [6.07, 6.45) is 0. The first-order valence-electron chi connectivity index (χ1n) is 4.48. The lowest BCUT2D eigenvalue weighted by molar-refractivity contribution is -0.135. The number of methoxy groups -OCH3 is 3. The molecule has 0 unspecified atom stereocenters. The SMILES string of the molecule is COC(=O)C(=O)c1ccc(OC)c(OC)c1. The first-order chi connectivity index (χ1) is 7.63. The van der Waals surface area contributed by atoms with Crippen molar-refractivity contribution in [2.45, 2.75) is 0 Å². The number of ether oxygens (including phenoxy) is 3. The van der Waals surface area contributed by atoms with Crippen molar-refractivity contribution in [1.82, 2.24) is 0 Å². The second kappa shape index (κ2) is 5.16. The van der Waals surface area contributed by atoms with Gasteiger partial charge < -0.3 is 14.2 Å². The fraction of sp³-hybridized carbons (Fsp3) is 0.273. The fourth-order valence-corrected chi connectivity index (χ4v) is 1.19. The van der Waals surface area contributed by atoms with E-state index < -0.39 is 11.8 Å². The molecule has 0 aliphatic heterocycles. The summed E-state index contributed by atoms with van der Waals surface area (Å²) in [5.41, 5.74) is 0.199. The van der Waals surface area contributed by atoms with Crippen molar-refractivity contribution < 1.29 is 23.8 Å². The van der Waals surface area contributed by atoms with Crippen molar-refractivity contribution in [2.75, 3.05) is 21.3 Å². The van der Waals surface area contributed by atoms with Crippen molar-refractivity contribution in [3.8, 4) is 11.5 Å². The number of benzene rings is 1. The number of carbonyl (C=O) groups excluding carboxylic acids is 2. The van der Waals surface area contributed by atoms with Gasteiger partial charge in [0.2, 0.25) is 0 Å². The molecule has 0 radical (unpaired) electrons. The van der Waals surface area contributed by atoms with Gasteiger partial charge in [-0.3, -0.25) is 4.79 Å². The van der Waals surface area contributed by atoms with Crippen LogP contribution in [0.1, 0.15) is 10.4 Å². The van der Waals surface area contributed by atoms with Crippen LogP contribution in [-0.4, -0.2) is 33.1 Å². The zero-order chi connectivity index (χ0) is 12.1. The van der Waals surface area contributed by atoms with Crippen molar-refractivity contribution in [1.29, 1.82) is 0 Å². The zero-order valence-corrected chi connectivity index (χ0v) is 9.27. The smallest absolute Gasteiger partial charge is 0.379 e. The van der Waals surface area contributed by atoms with Crippen molar-refractivity contribution in [2.24, 2.45) is 0 Å². The van der Waals surface area contributed by atoms with Gasteiger partial charge in [0, 0.05) is 5.56 Å². The third kappa shape index (κ3) is 2.31. The maximum atomic E-state index is 11.5. The van der Waals surface area contributed by atoms with E-state index in [1.165, 1.54) is 26.4 Å². The minimum Gasteiger partial charge on any atom is -0.493 e. The molecule has 0 atom stereocenters. The molecule has 0 aromatic heterocycles. The van der Waals surface area contributed by atoms with Gasteiger partial charge in [-0.05, 0) is 18.2 Å². The van der Waals surface area contributed by atoms with E-state index in [4.69, 9.17) is 9.47 Å². The van der Waals surface area contributed by atoms with Gasteiger partial charge >= 0.3 is 5.97 Å². The van der Waals surface area contributed by atoms with E-state index in [1.54, 1.807) is 6.07 Å². The van der Waals surface area contributed by atoms with Crippen LogP contribution in [0.4, 0.5) is 0 Å². The van der Waals surface area contributed by atoms with E-state index in [-0.39, 0.29) is 5.56 Å². The quantitative estimate of drug-likeness (QED) is 0.434. The van der Waals surface area contributed by atoms with Crippen LogP contribution in [0.2, 0.25) is 0 Å². The van der Waals surface area contributed by atoms with Crippen LogP contribution in [0.15, 0.2) is 18.2 Å². The highest BCUT2D eigenvalue weighted by molar-refractivity contribution is 6.40. The largest absolute Gasteiger partial charge is 0.493 e. The average molecular weight is 224 g/mol. The minimum atomic E-state index is -0.910. The number of rotatable bonds is 4. The molecule has 0 N–H and O–H groups in total. The predicted octanol–water partition coefficient (Wildman–Crippen LogP) is 1.06. The summed E-state index contributed by atoms with van der Waals surface area (Å²) in [5, 5.41) is 0. The predicted molar refractivity (Wildman–Crippen MR) is 55.9 cm³/mol. The van der Waals surface area contributed by atoms with Gasteiger partial charge in [-0.1, -0.05) is 0 Å². The van der Waals surface area contributed by atoms with E-state index >= 15 is 0 Å². The number of Topliss-reactive ketones (excluding diaryl/α,β-unsaturated/α-hetero) is 1. The molecule has 0 saturated heterocycles. The third-order valence-corrected chi connectivity index (χ3v) is 2.02. The topological polar surface area (TPSA) is 61.8 Å². The summed E-state index contributed by atoms with van der Waals surface area (Å²) in [6, 6.07) is 4.45. The van der Waals surface area contributed by atoms with Crippen molar-refractivity contribution >= 4 is 11.8 Å². The molecule has 0 aliphatic rings. The Bertz CT molecular complexity index is 411. The summed E-state index contributed by atoms with van der Waals surface area (Å²) >= 11 is 0. The zero-order valence-electron chi connectivity index (χ0n) is 9.27. The molecule has 0 saturated carbocycles. The highest BCUT2D eigenvalue weighted by Gasteiger charge is 2.18. The minimum absolute atomic E-state index is 0.199. The lowest BCUT2D eigenvalue weighted by Gasteiger charge is -2.08. The lowest BCUT2D eigenvalue weighted by Crippen LogP contribution is -2.15. The second-order valence-electron chi connectivity index (χ2n) is 2.89. The Morgan fingerprint density at radius 1 is 1.00 bits per heavy atom. The van der Waals surface area contributed by atoms with E-state index in [1.807, 2.05) is 0 Å². The van der Waals surface area contributed by atoms with Gasteiger partial charge in [-0.15, -0.1) is 0 Å². The summed E-state index contributed by atoms with van der Waals surface area (Å²) in [4.78, 5) is 22.5. The molecule has 0 bridgehead atoms. The Labute approximate surface area is 92.9 Å². The summed E-state index contributed by atoms with van der Waals surface area (Å²) in [5.74, 6) is -0.753. The molecule has 86 valence electrons. The second-order valence-corrected chi connectivity index (χ2v) is 2.89. The molecular weight excluding hydrogens is 212 g/mol. The summed E-state index contributed by atoms with van der Waals surface area (Å²) in [7, 11) is 4.09. The van der Waals surface area contributed by atoms with Crippen LogP contribution in [0.25, 0.3) is 0 Å². The molecule has 5 nitrogen and oxygen atoms in total. The van der Waals surface area contributed by atoms with Crippen LogP contribution in [0.3, 0.4) is 0 Å². The van der Waals surface area contributed by atoms with E-state index in [9.17, 15) is 9.59 Å². The average Bonchev–Trinajstić information content (AvgIpc) is 2.35. The molecule has 5 heteroatoms. The van der Waals surface area contributed by atoms with Gasteiger partial charge in [0.15, 0.2) is 11.5 Å². The van der Waals surface area contributed by atoms with Crippen molar-refractivity contribution in [3.63, 3.8) is 0 Å². The third-order valence-electron chi connectivity index (χ3n) is 2.02. The molecular formula is C11H12O5. The highest BCUT2D eigenvalue weighted by Crippen LogP contribution is 2.27. The molecule has 1 aromatic carbocycles. The number of ketones is 1. The van der Waals surface area contributed by atoms with Gasteiger partial charge in [-0.25, -0.2) is 4.79 Å². The standard InChI is InChI=1S/C11H12O5/c1-14-8-5-4-7(6-9(8)15-2)10(12)11(13)16-3/h4-6H,1-3H3. The molecule has 0 fully saturated rings. The lowest BCUT2D eigenvalue weighted by atomic mass is 10.1. The van der Waals surface area contributed by atoms with Crippen molar-refractivity contribution in [3.05, 3.63) is 23.8 Å². The molecule has 1 aromatic rings. The van der Waals surface area contributed by atoms with E-state index in [0.29, 0.717) is 11.5 Å². The van der Waals surface area contributed by atoms with Crippen LogP contribution in [-0.2, 0) is 9.53 Å². The number of carbonyl (C=O) groups is 2. The summed E-state index contributed by atoms with van der Waals surface area (Å²) < 4.78 is 14.4. The van der Waals surface area contributed by atoms with Crippen LogP contribution < -0.4 is 9.47 Å². The van der Waals surface area contributed by atoms with Gasteiger partial charge in [0.25, 0.3) is 5.78 Å². The number of esters is 1. The molecule has 0 amide bonds. The van der Waals surface area contributed by atoms with Gasteiger partial charge in [0.1, 0.15) is 0 Å². The van der Waals surface area contributed by atoms with E-state index in [0.717, 1.165) is 7.11 Å². The normalized spacial score (nSPS) is 9.44. The molecule has 0 aliphatic carbocycles. The first kappa shape index (κ1) is 12.0. The van der Waals surface area contributed by atoms with Crippen LogP contribution in [0, 0.1) is 0 Å². The first-order valence-corrected chi connectivity index (χ1v) is 4.48. The van der Waals surface area contributed by atoms with Gasteiger partial charge in [-0.2, -0.15) is 0 Å². The maximum Gasteiger partial charge on any atom is 0.379 e. The monoisotopic (exact) mass is 224 g/mol. The number of hydrogen-bond acceptors (Lipinski definition) is 5. The van der Waals surface area contributed by atoms with Crippen LogP contribution >= 0.6 is 0 Å². The maximum absolute atomic E-state index is 11.5. The Hall–Kier alpha value is -2.04. The Kier molecular flexibility index (Phi) is 3.88. The Morgan fingerprint density at radius 2 is 1.62 bits per heavy atom. The Morgan fingerprint density at radius 3 is 2.12 bits per heavy atom. The van der Waals surface area contributed by atoms with Gasteiger partial charge in [0.05, 0.1) is 21.3 Å². The summed E-state index contributed by atoms with van der Waals surface area (Å²) in [6.45, 7) is 0. The molecule has 0 spiro atoms. The Balaban J connectivity index is 3.08. The highest BCUT2D eigenvalue weighted by atomic mass is 16.5. The molecule has 0 heterocycles. The molecule has 1 rings (SSSR count). The van der Waals surface area contributed by atoms with E-state index in [2.05, 4.69) is 4.74 Å². The number of hydrogen-bond donors (Lipinski definition) is 0. The molecule has 16 heavy (non-hydrogen) atoms. The van der Waals surface area contributed by atoms with Crippen LogP contribution in [0.5, 0.6) is 11.5 Å².